The fraction of sp³-hybridized carbons (Fsp3) is 0.536. The average molecular weight is 574 g/mol. The summed E-state index contributed by atoms with van der Waals surface area (Å²) >= 11 is 1.48. The highest BCUT2D eigenvalue weighted by molar-refractivity contribution is 7.89. The summed E-state index contributed by atoms with van der Waals surface area (Å²) in [5.41, 5.74) is 5.74. The van der Waals surface area contributed by atoms with Gasteiger partial charge in [-0.3, -0.25) is 0 Å². The summed E-state index contributed by atoms with van der Waals surface area (Å²) in [5.74, 6) is 1.74. The number of rotatable bonds is 11. The number of aliphatic hydroxyl groups is 1. The maximum atomic E-state index is 12.3. The van der Waals surface area contributed by atoms with Crippen molar-refractivity contribution in [2.24, 2.45) is 5.92 Å². The molecule has 1 fully saturated rings. The van der Waals surface area contributed by atoms with Crippen molar-refractivity contribution >= 4 is 21.6 Å². The summed E-state index contributed by atoms with van der Waals surface area (Å²) in [5, 5.41) is 13.0. The minimum Gasteiger partial charge on any atom is -0.491 e. The number of hydrogen-bond acceptors (Lipinski definition) is 9. The van der Waals surface area contributed by atoms with E-state index in [-0.39, 0.29) is 12.4 Å². The minimum atomic E-state index is -3.16. The Hall–Kier alpha value is -2.44. The number of nitrogens with one attached hydrogen (secondary N) is 1. The van der Waals surface area contributed by atoms with Crippen molar-refractivity contribution in [3.05, 3.63) is 46.1 Å². The molecule has 2 N–H and O–H groups in total. The Balaban J connectivity index is 1.66. The highest BCUT2D eigenvalue weighted by atomic mass is 32.2. The van der Waals surface area contributed by atoms with Gasteiger partial charge in [0.2, 0.25) is 10.0 Å². The van der Waals surface area contributed by atoms with Crippen LogP contribution in [0.1, 0.15) is 41.6 Å². The zero-order valence-corrected chi connectivity index (χ0v) is 25.0. The van der Waals surface area contributed by atoms with Gasteiger partial charge in [0.15, 0.2) is 5.82 Å². The predicted octanol–water partition coefficient (Wildman–Crippen LogP) is 3.76. The maximum Gasteiger partial charge on any atom is 0.213 e. The van der Waals surface area contributed by atoms with E-state index in [1.807, 2.05) is 31.2 Å². The molecule has 3 heterocycles. The van der Waals surface area contributed by atoms with Crippen molar-refractivity contribution in [2.45, 2.75) is 53.1 Å². The zero-order chi connectivity index (χ0) is 28.2. The molecular formula is C28H39N5O4S2. The number of nitrogens with zero attached hydrogens (tertiary/aromatic N) is 4. The summed E-state index contributed by atoms with van der Waals surface area (Å²) in [6.45, 7) is 9.58. The molecule has 0 aliphatic carbocycles. The van der Waals surface area contributed by atoms with Crippen molar-refractivity contribution in [3.8, 4) is 28.4 Å². The highest BCUT2D eigenvalue weighted by Gasteiger charge is 2.28. The first kappa shape index (κ1) is 29.5. The van der Waals surface area contributed by atoms with Crippen molar-refractivity contribution < 1.29 is 18.3 Å². The number of sulfonamides is 1. The Morgan fingerprint density at radius 1 is 1.21 bits per heavy atom. The van der Waals surface area contributed by atoms with E-state index in [2.05, 4.69) is 23.5 Å². The smallest absolute Gasteiger partial charge is 0.213 e. The second-order valence-electron chi connectivity index (χ2n) is 10.2. The van der Waals surface area contributed by atoms with Gasteiger partial charge in [-0.05, 0) is 89.2 Å². The molecule has 2 aromatic heterocycles. The predicted molar refractivity (Wildman–Crippen MR) is 156 cm³/mol. The lowest BCUT2D eigenvalue weighted by molar-refractivity contribution is 0.108. The van der Waals surface area contributed by atoms with Gasteiger partial charge in [0.1, 0.15) is 18.5 Å². The van der Waals surface area contributed by atoms with Crippen LogP contribution >= 0.6 is 11.5 Å². The Morgan fingerprint density at radius 3 is 2.59 bits per heavy atom. The molecule has 1 atom stereocenters. The standard InChI is InChI=1S/C28H39N5O4S2/c1-6-39(35,36)33-12-10-21(11-13-33)14-25-18(2)27(26-19(3)32-38-20(26)4)31-28(30-25)22-8-7-9-24(15-22)37-17-23(34)16-29-5/h7-9,15,21,23,29,34H,6,10-14,16-17H2,1-5H3. The molecule has 0 saturated carbocycles. The first-order valence-corrected chi connectivity index (χ1v) is 15.9. The molecule has 1 aromatic carbocycles. The zero-order valence-electron chi connectivity index (χ0n) is 23.4. The molecule has 0 bridgehead atoms. The van der Waals surface area contributed by atoms with E-state index < -0.39 is 16.1 Å². The second-order valence-corrected chi connectivity index (χ2v) is 13.4. The minimum absolute atomic E-state index is 0.139. The number of aryl methyl sites for hydroxylation is 2. The normalized spacial score (nSPS) is 15.9. The molecule has 0 amide bonds. The molecule has 0 radical (unpaired) electrons. The van der Waals surface area contributed by atoms with Gasteiger partial charge in [-0.2, -0.15) is 4.37 Å². The van der Waals surface area contributed by atoms with Gasteiger partial charge < -0.3 is 15.2 Å². The van der Waals surface area contributed by atoms with Crippen molar-refractivity contribution in [3.63, 3.8) is 0 Å². The van der Waals surface area contributed by atoms with E-state index in [1.165, 1.54) is 11.5 Å². The topological polar surface area (TPSA) is 118 Å². The number of benzene rings is 1. The molecule has 1 unspecified atom stereocenters. The van der Waals surface area contributed by atoms with Crippen LogP contribution in [0.2, 0.25) is 0 Å². The summed E-state index contributed by atoms with van der Waals surface area (Å²) in [7, 11) is -1.37. The monoisotopic (exact) mass is 573 g/mol. The van der Waals surface area contributed by atoms with Crippen LogP contribution in [0.15, 0.2) is 24.3 Å². The molecule has 0 spiro atoms. The van der Waals surface area contributed by atoms with Crippen LogP contribution < -0.4 is 10.1 Å². The number of hydrogen-bond donors (Lipinski definition) is 2. The second kappa shape index (κ2) is 12.8. The highest BCUT2D eigenvalue weighted by Crippen LogP contribution is 2.35. The fourth-order valence-corrected chi connectivity index (χ4v) is 6.85. The molecule has 1 aliphatic heterocycles. The van der Waals surface area contributed by atoms with Gasteiger partial charge in [-0.25, -0.2) is 22.7 Å². The van der Waals surface area contributed by atoms with E-state index in [0.29, 0.717) is 37.1 Å². The lowest BCUT2D eigenvalue weighted by Gasteiger charge is -2.31. The van der Waals surface area contributed by atoms with Gasteiger partial charge in [0.25, 0.3) is 0 Å². The quantitative estimate of drug-likeness (QED) is 0.356. The van der Waals surface area contributed by atoms with Crippen LogP contribution in [-0.4, -0.2) is 77.3 Å². The van der Waals surface area contributed by atoms with Gasteiger partial charge >= 0.3 is 0 Å². The molecule has 3 aromatic rings. The van der Waals surface area contributed by atoms with Crippen LogP contribution in [0.25, 0.3) is 22.6 Å². The van der Waals surface area contributed by atoms with Crippen molar-refractivity contribution in [2.75, 3.05) is 39.0 Å². The number of piperidine rings is 1. The van der Waals surface area contributed by atoms with E-state index in [9.17, 15) is 13.5 Å². The summed E-state index contributed by atoms with van der Waals surface area (Å²) < 4.78 is 36.7. The number of likely N-dealkylation sites (N-methyl/N-ethyl adjacent to an activating group) is 1. The van der Waals surface area contributed by atoms with Gasteiger partial charge in [0.05, 0.1) is 17.1 Å². The largest absolute Gasteiger partial charge is 0.491 e. The average Bonchev–Trinajstić information content (AvgIpc) is 3.26. The molecule has 9 nitrogen and oxygen atoms in total. The van der Waals surface area contributed by atoms with Gasteiger partial charge in [0, 0.05) is 41.3 Å². The van der Waals surface area contributed by atoms with E-state index >= 15 is 0 Å². The molecule has 1 aliphatic rings. The Morgan fingerprint density at radius 2 is 1.95 bits per heavy atom. The van der Waals surface area contributed by atoms with E-state index in [0.717, 1.165) is 57.9 Å². The maximum absolute atomic E-state index is 12.3. The number of ether oxygens (including phenoxy) is 1. The third kappa shape index (κ3) is 7.01. The summed E-state index contributed by atoms with van der Waals surface area (Å²) in [4.78, 5) is 11.2. The molecule has 212 valence electrons. The van der Waals surface area contributed by atoms with Gasteiger partial charge in [-0.1, -0.05) is 12.1 Å². The third-order valence-corrected chi connectivity index (χ3v) is 10.0. The van der Waals surface area contributed by atoms with Crippen molar-refractivity contribution in [1.29, 1.82) is 0 Å². The number of aromatic nitrogens is 3. The lowest BCUT2D eigenvalue weighted by Crippen LogP contribution is -2.39. The molecule has 1 saturated heterocycles. The first-order valence-electron chi connectivity index (χ1n) is 13.5. The fourth-order valence-electron chi connectivity index (χ4n) is 5.01. The summed E-state index contributed by atoms with van der Waals surface area (Å²) in [6.07, 6.45) is 1.77. The summed E-state index contributed by atoms with van der Waals surface area (Å²) in [6, 6.07) is 7.64. The van der Waals surface area contributed by atoms with Crippen LogP contribution in [-0.2, 0) is 16.4 Å². The Labute approximate surface area is 235 Å². The van der Waals surface area contributed by atoms with E-state index in [4.69, 9.17) is 14.7 Å². The Bertz CT molecular complexity index is 1370. The molecule has 39 heavy (non-hydrogen) atoms. The number of aliphatic hydroxyl groups excluding tert-OH is 1. The SMILES string of the molecule is CCS(=O)(=O)N1CCC(Cc2nc(-c3cccc(OCC(O)CNC)c3)nc(-c3c(C)nsc3C)c2C)CC1. The van der Waals surface area contributed by atoms with Crippen LogP contribution in [0.4, 0.5) is 0 Å². The molecular weight excluding hydrogens is 534 g/mol. The molecule has 4 rings (SSSR count). The van der Waals surface area contributed by atoms with Crippen molar-refractivity contribution in [1.82, 2.24) is 24.0 Å². The Kier molecular flexibility index (Phi) is 9.71. The lowest BCUT2D eigenvalue weighted by atomic mass is 9.90. The van der Waals surface area contributed by atoms with E-state index in [1.54, 1.807) is 18.3 Å². The van der Waals surface area contributed by atoms with Crippen LogP contribution in [0.5, 0.6) is 5.75 Å². The third-order valence-electron chi connectivity index (χ3n) is 7.30. The molecule has 11 heteroatoms. The first-order chi connectivity index (χ1) is 18.6. The van der Waals surface area contributed by atoms with Crippen LogP contribution in [0, 0.1) is 26.7 Å². The van der Waals surface area contributed by atoms with Crippen LogP contribution in [0.3, 0.4) is 0 Å². The van der Waals surface area contributed by atoms with Gasteiger partial charge in [-0.15, -0.1) is 0 Å².